The van der Waals surface area contributed by atoms with Crippen molar-refractivity contribution in [2.24, 2.45) is 5.41 Å². The Hall–Kier alpha value is -3.60. The lowest BCUT2D eigenvalue weighted by atomic mass is 9.41. The molecule has 3 aromatic carbocycles. The number of esters is 1. The van der Waals surface area contributed by atoms with Crippen LogP contribution in [0.2, 0.25) is 0 Å². The van der Waals surface area contributed by atoms with Crippen LogP contribution < -0.4 is 9.47 Å². The molecule has 0 aromatic heterocycles. The minimum Gasteiger partial charge on any atom is -0.497 e. The highest BCUT2D eigenvalue weighted by Crippen LogP contribution is 2.77. The lowest BCUT2D eigenvalue weighted by molar-refractivity contribution is -0.208. The fraction of sp³-hybridized carbons (Fsp3) is 0.310. The van der Waals surface area contributed by atoms with Crippen molar-refractivity contribution in [1.29, 1.82) is 0 Å². The quantitative estimate of drug-likeness (QED) is 0.510. The van der Waals surface area contributed by atoms with Crippen LogP contribution in [0.15, 0.2) is 66.7 Å². The topological polar surface area (TPSA) is 61.8 Å². The van der Waals surface area contributed by atoms with Crippen LogP contribution in [0.3, 0.4) is 0 Å². The van der Waals surface area contributed by atoms with Crippen molar-refractivity contribution in [3.05, 3.63) is 94.5 Å². The first-order valence-corrected chi connectivity index (χ1v) is 11.6. The first-order chi connectivity index (χ1) is 16.4. The molecular weight excluding hydrogens is 428 g/mol. The van der Waals surface area contributed by atoms with Crippen LogP contribution in [-0.4, -0.2) is 26.0 Å². The SMILES string of the molecule is CC[C@]12C(=O)c3cc(OC)cc(OC)c3[C@@]1(c1ccccc1)[C@@H]1C(=O)O[C@@]2(C)c2ccccc21. The first-order valence-electron chi connectivity index (χ1n) is 11.6. The Kier molecular flexibility index (Phi) is 4.14. The first kappa shape index (κ1) is 21.0. The predicted octanol–water partition coefficient (Wildman–Crippen LogP) is 5.15. The number of ketones is 1. The molecule has 4 aliphatic rings. The average Bonchev–Trinajstić information content (AvgIpc) is 3.11. The zero-order chi connectivity index (χ0) is 23.9. The van der Waals surface area contributed by atoms with Crippen LogP contribution in [-0.2, 0) is 20.5 Å². The second-order valence-electron chi connectivity index (χ2n) is 9.49. The van der Waals surface area contributed by atoms with Gasteiger partial charge < -0.3 is 14.2 Å². The van der Waals surface area contributed by atoms with Gasteiger partial charge in [0, 0.05) is 22.8 Å². The summed E-state index contributed by atoms with van der Waals surface area (Å²) in [6, 6.07) is 21.4. The number of benzene rings is 3. The Morgan fingerprint density at radius 1 is 0.941 bits per heavy atom. The molecule has 0 saturated carbocycles. The molecule has 172 valence electrons. The van der Waals surface area contributed by atoms with Gasteiger partial charge in [0.25, 0.3) is 0 Å². The minimum atomic E-state index is -1.16. The van der Waals surface area contributed by atoms with E-state index in [0.29, 0.717) is 23.5 Å². The van der Waals surface area contributed by atoms with E-state index in [-0.39, 0.29) is 11.8 Å². The van der Waals surface area contributed by atoms with Gasteiger partial charge in [-0.2, -0.15) is 0 Å². The van der Waals surface area contributed by atoms with Crippen LogP contribution in [0, 0.1) is 5.41 Å². The summed E-state index contributed by atoms with van der Waals surface area (Å²) < 4.78 is 17.7. The highest BCUT2D eigenvalue weighted by molar-refractivity contribution is 6.13. The molecule has 1 fully saturated rings. The molecule has 0 radical (unpaired) electrons. The molecular formula is C29H26O5. The molecule has 7 rings (SSSR count). The van der Waals surface area contributed by atoms with Gasteiger partial charge in [0.2, 0.25) is 0 Å². The number of carbonyl (C=O) groups excluding carboxylic acids is 2. The van der Waals surface area contributed by atoms with Gasteiger partial charge in [-0.3, -0.25) is 9.59 Å². The maximum absolute atomic E-state index is 14.7. The number of rotatable bonds is 4. The van der Waals surface area contributed by atoms with Gasteiger partial charge in [0.15, 0.2) is 5.78 Å². The van der Waals surface area contributed by atoms with Gasteiger partial charge in [-0.25, -0.2) is 0 Å². The Morgan fingerprint density at radius 2 is 1.65 bits per heavy atom. The summed E-state index contributed by atoms with van der Waals surface area (Å²) >= 11 is 0. The predicted molar refractivity (Wildman–Crippen MR) is 126 cm³/mol. The smallest absolute Gasteiger partial charge is 0.315 e. The summed E-state index contributed by atoms with van der Waals surface area (Å²) in [6.45, 7) is 3.93. The molecule has 0 unspecified atom stereocenters. The highest BCUT2D eigenvalue weighted by Gasteiger charge is 2.81. The van der Waals surface area contributed by atoms with Crippen LogP contribution in [0.5, 0.6) is 11.5 Å². The number of Topliss-reactive ketones (excluding diaryl/α,β-unsaturated/α-hetero) is 1. The lowest BCUT2D eigenvalue weighted by Crippen LogP contribution is -2.70. The third-order valence-corrected chi connectivity index (χ3v) is 8.56. The van der Waals surface area contributed by atoms with E-state index in [0.717, 1.165) is 22.3 Å². The monoisotopic (exact) mass is 454 g/mol. The molecule has 1 saturated heterocycles. The summed E-state index contributed by atoms with van der Waals surface area (Å²) in [6.07, 6.45) is 0.482. The Labute approximate surface area is 198 Å². The Morgan fingerprint density at radius 3 is 2.32 bits per heavy atom. The maximum atomic E-state index is 14.7. The Balaban J connectivity index is 1.88. The molecule has 2 bridgehead atoms. The van der Waals surface area contributed by atoms with Crippen molar-refractivity contribution in [3.8, 4) is 11.5 Å². The normalized spacial score (nSPS) is 30.3. The van der Waals surface area contributed by atoms with Crippen LogP contribution in [0.25, 0.3) is 0 Å². The van der Waals surface area contributed by atoms with E-state index in [2.05, 4.69) is 0 Å². The van der Waals surface area contributed by atoms with Crippen molar-refractivity contribution in [1.82, 2.24) is 0 Å². The second kappa shape index (κ2) is 6.72. The van der Waals surface area contributed by atoms with Crippen molar-refractivity contribution in [2.45, 2.75) is 37.2 Å². The number of methoxy groups -OCH3 is 2. The average molecular weight is 455 g/mol. The molecule has 2 aliphatic heterocycles. The van der Waals surface area contributed by atoms with Crippen LogP contribution >= 0.6 is 0 Å². The molecule has 4 atom stereocenters. The van der Waals surface area contributed by atoms with Gasteiger partial charge in [0.1, 0.15) is 17.1 Å². The van der Waals surface area contributed by atoms with Gasteiger partial charge in [-0.15, -0.1) is 0 Å². The molecule has 5 heteroatoms. The van der Waals surface area contributed by atoms with E-state index in [1.54, 1.807) is 20.3 Å². The molecule has 2 heterocycles. The zero-order valence-corrected chi connectivity index (χ0v) is 19.7. The van der Waals surface area contributed by atoms with Crippen molar-refractivity contribution in [3.63, 3.8) is 0 Å². The van der Waals surface area contributed by atoms with E-state index in [1.165, 1.54) is 0 Å². The van der Waals surface area contributed by atoms with Crippen molar-refractivity contribution < 1.29 is 23.8 Å². The summed E-state index contributed by atoms with van der Waals surface area (Å²) in [4.78, 5) is 28.6. The Bertz CT molecular complexity index is 1360. The summed E-state index contributed by atoms with van der Waals surface area (Å²) in [5.41, 5.74) is 0.791. The molecule has 5 nitrogen and oxygen atoms in total. The third kappa shape index (κ3) is 1.99. The molecule has 34 heavy (non-hydrogen) atoms. The van der Waals surface area contributed by atoms with E-state index in [9.17, 15) is 9.59 Å². The second-order valence-corrected chi connectivity index (χ2v) is 9.49. The third-order valence-electron chi connectivity index (χ3n) is 8.56. The number of fused-ring (bicyclic) bond motifs is 2. The van der Waals surface area contributed by atoms with E-state index in [1.807, 2.05) is 74.5 Å². The molecule has 0 amide bonds. The number of ether oxygens (including phenoxy) is 3. The van der Waals surface area contributed by atoms with Gasteiger partial charge >= 0.3 is 5.97 Å². The number of hydrogen-bond acceptors (Lipinski definition) is 5. The van der Waals surface area contributed by atoms with E-state index < -0.39 is 22.3 Å². The van der Waals surface area contributed by atoms with Crippen molar-refractivity contribution >= 4 is 11.8 Å². The number of carbonyl (C=O) groups is 2. The number of hydrogen-bond donors (Lipinski definition) is 0. The highest BCUT2D eigenvalue weighted by atomic mass is 16.6. The molecule has 2 aliphatic carbocycles. The van der Waals surface area contributed by atoms with Gasteiger partial charge in [-0.1, -0.05) is 61.5 Å². The van der Waals surface area contributed by atoms with Gasteiger partial charge in [0.05, 0.1) is 31.0 Å². The summed E-state index contributed by atoms with van der Waals surface area (Å²) in [5.74, 6) is 0.0382. The largest absolute Gasteiger partial charge is 0.497 e. The fourth-order valence-corrected chi connectivity index (χ4v) is 7.45. The van der Waals surface area contributed by atoms with Gasteiger partial charge in [-0.05, 0) is 30.5 Å². The standard InChI is InChI=1S/C29H26O5/c1-5-28-25(30)20-15-18(32-3)16-22(33-4)23(20)29(28,17-11-7-6-8-12-17)24-19-13-9-10-14-21(19)27(28,2)34-26(24)31/h6-16,24H,5H2,1-4H3/t24-,27-,28+,29-/m0/s1. The molecule has 0 spiro atoms. The van der Waals surface area contributed by atoms with E-state index in [4.69, 9.17) is 14.2 Å². The summed E-state index contributed by atoms with van der Waals surface area (Å²) in [7, 11) is 3.17. The molecule has 3 aromatic rings. The lowest BCUT2D eigenvalue weighted by Gasteiger charge is -2.64. The van der Waals surface area contributed by atoms with Crippen LogP contribution in [0.4, 0.5) is 0 Å². The fourth-order valence-electron chi connectivity index (χ4n) is 7.45. The maximum Gasteiger partial charge on any atom is 0.315 e. The van der Waals surface area contributed by atoms with Crippen LogP contribution in [0.1, 0.15) is 58.8 Å². The summed E-state index contributed by atoms with van der Waals surface area (Å²) in [5, 5.41) is 0. The van der Waals surface area contributed by atoms with Crippen molar-refractivity contribution in [2.75, 3.05) is 14.2 Å². The molecule has 0 N–H and O–H groups in total. The van der Waals surface area contributed by atoms with E-state index >= 15 is 0 Å². The zero-order valence-electron chi connectivity index (χ0n) is 19.7. The minimum absolute atomic E-state index is 0.0412.